The molecule has 3 rings (SSSR count). The van der Waals surface area contributed by atoms with E-state index < -0.39 is 12.5 Å². The van der Waals surface area contributed by atoms with Gasteiger partial charge in [0.05, 0.1) is 0 Å². The van der Waals surface area contributed by atoms with Gasteiger partial charge in [0.15, 0.2) is 5.82 Å². The lowest BCUT2D eigenvalue weighted by atomic mass is 9.86. The van der Waals surface area contributed by atoms with Gasteiger partial charge in [-0.3, -0.25) is 4.79 Å². The number of benzene rings is 1. The number of anilines is 2. The van der Waals surface area contributed by atoms with Crippen LogP contribution >= 0.6 is 0 Å². The van der Waals surface area contributed by atoms with Crippen molar-refractivity contribution in [3.63, 3.8) is 0 Å². The van der Waals surface area contributed by atoms with E-state index in [2.05, 4.69) is 20.8 Å². The molecule has 1 aromatic carbocycles. The van der Waals surface area contributed by atoms with Crippen molar-refractivity contribution >= 4 is 17.3 Å². The van der Waals surface area contributed by atoms with Gasteiger partial charge in [-0.05, 0) is 43.9 Å². The number of rotatable bonds is 6. The molecule has 7 heteroatoms. The monoisotopic (exact) mass is 344 g/mol. The van der Waals surface area contributed by atoms with Gasteiger partial charge in [0.1, 0.15) is 6.61 Å². The molecule has 3 N–H and O–H groups in total. The smallest absolute Gasteiger partial charge is 0.250 e. The molecule has 0 bridgehead atoms. The molecule has 0 atom stereocenters. The number of aryl methyl sites for hydroxylation is 1. The molecule has 1 saturated carbocycles. The van der Waals surface area contributed by atoms with Gasteiger partial charge in [0.25, 0.3) is 0 Å². The maximum atomic E-state index is 11.3. The second-order valence-electron chi connectivity index (χ2n) is 6.38. The van der Waals surface area contributed by atoms with E-state index in [0.29, 0.717) is 17.6 Å². The largest absolute Gasteiger partial charge is 0.387 e. The molecule has 1 aliphatic rings. The number of nitrogens with zero attached hydrogens (tertiary/aromatic N) is 2. The molecule has 2 aromatic rings. The van der Waals surface area contributed by atoms with Crippen molar-refractivity contribution in [3.8, 4) is 0 Å². The van der Waals surface area contributed by atoms with E-state index in [9.17, 15) is 4.79 Å². The van der Waals surface area contributed by atoms with E-state index >= 15 is 0 Å². The van der Waals surface area contributed by atoms with Crippen LogP contribution in [0, 0.1) is 0 Å². The minimum absolute atomic E-state index is 0.348. The molecule has 1 aromatic heterocycles. The van der Waals surface area contributed by atoms with E-state index in [1.807, 2.05) is 25.1 Å². The van der Waals surface area contributed by atoms with Crippen LogP contribution in [0.1, 0.15) is 50.2 Å². The number of aliphatic hydroxyl groups is 1. The molecular weight excluding hydrogens is 320 g/mol. The van der Waals surface area contributed by atoms with Crippen molar-refractivity contribution in [1.82, 2.24) is 10.1 Å². The zero-order valence-electron chi connectivity index (χ0n) is 14.4. The molecule has 0 aliphatic heterocycles. The molecule has 134 valence electrons. The van der Waals surface area contributed by atoms with Crippen molar-refractivity contribution < 1.29 is 14.4 Å². The summed E-state index contributed by atoms with van der Waals surface area (Å²) in [6.45, 7) is 1.50. The average Bonchev–Trinajstić information content (AvgIpc) is 3.12. The van der Waals surface area contributed by atoms with Gasteiger partial charge in [0.2, 0.25) is 11.8 Å². The van der Waals surface area contributed by atoms with Gasteiger partial charge in [0, 0.05) is 29.8 Å². The first-order chi connectivity index (χ1) is 12.2. The molecule has 1 fully saturated rings. The highest BCUT2D eigenvalue weighted by atomic mass is 16.5. The van der Waals surface area contributed by atoms with Crippen LogP contribution in [0.5, 0.6) is 0 Å². The van der Waals surface area contributed by atoms with Crippen LogP contribution in [-0.4, -0.2) is 33.8 Å². The average molecular weight is 344 g/mol. The predicted octanol–water partition coefficient (Wildman–Crippen LogP) is 2.70. The van der Waals surface area contributed by atoms with E-state index in [1.165, 1.54) is 0 Å². The highest BCUT2D eigenvalue weighted by Crippen LogP contribution is 2.33. The van der Waals surface area contributed by atoms with Crippen LogP contribution in [0.15, 0.2) is 28.8 Å². The summed E-state index contributed by atoms with van der Waals surface area (Å²) in [5, 5.41) is 19.0. The highest BCUT2D eigenvalue weighted by molar-refractivity contribution is 5.91. The number of amides is 1. The minimum atomic E-state index is -0.517. The van der Waals surface area contributed by atoms with Crippen LogP contribution in [-0.2, 0) is 11.2 Å². The third-order valence-corrected chi connectivity index (χ3v) is 4.54. The molecule has 1 heterocycles. The van der Waals surface area contributed by atoms with Gasteiger partial charge >= 0.3 is 0 Å². The van der Waals surface area contributed by atoms with E-state index in [1.54, 1.807) is 6.07 Å². The number of hydrogen-bond donors (Lipinski definition) is 3. The first-order valence-corrected chi connectivity index (χ1v) is 8.77. The maximum absolute atomic E-state index is 11.3. The van der Waals surface area contributed by atoms with Gasteiger partial charge in [-0.15, -0.1) is 0 Å². The van der Waals surface area contributed by atoms with Crippen molar-refractivity contribution in [2.75, 3.05) is 17.2 Å². The summed E-state index contributed by atoms with van der Waals surface area (Å²) in [6, 6.07) is 7.92. The van der Waals surface area contributed by atoms with Crippen LogP contribution in [0.25, 0.3) is 0 Å². The van der Waals surface area contributed by atoms with E-state index in [-0.39, 0.29) is 0 Å². The molecular formula is C18H24N4O3. The third-order valence-electron chi connectivity index (χ3n) is 4.54. The number of aliphatic hydroxyl groups excluding tert-OH is 1. The molecule has 25 heavy (non-hydrogen) atoms. The number of carbonyl (C=O) groups is 1. The van der Waals surface area contributed by atoms with E-state index in [4.69, 9.17) is 9.63 Å². The SMILES string of the molecule is CCc1noc(C2CCC(Nc3cccc(NC(=O)CO)c3)CC2)n1. The fraction of sp³-hybridized carbons (Fsp3) is 0.500. The van der Waals surface area contributed by atoms with Crippen LogP contribution in [0.4, 0.5) is 11.4 Å². The standard InChI is InChI=1S/C18H24N4O3/c1-2-16-21-18(25-22-16)12-6-8-13(9-7-12)19-14-4-3-5-15(10-14)20-17(24)11-23/h3-5,10,12-13,19,23H,2,6-9,11H2,1H3,(H,20,24). The molecule has 1 aliphatic carbocycles. The van der Waals surface area contributed by atoms with E-state index in [0.717, 1.165) is 49.5 Å². The predicted molar refractivity (Wildman–Crippen MR) is 94.5 cm³/mol. The number of nitrogens with one attached hydrogen (secondary N) is 2. The zero-order valence-corrected chi connectivity index (χ0v) is 14.4. The summed E-state index contributed by atoms with van der Waals surface area (Å²) in [7, 11) is 0. The second kappa shape index (κ2) is 8.11. The Labute approximate surface area is 146 Å². The molecule has 7 nitrogen and oxygen atoms in total. The first kappa shape index (κ1) is 17.4. The van der Waals surface area contributed by atoms with Gasteiger partial charge in [-0.25, -0.2) is 0 Å². The first-order valence-electron chi connectivity index (χ1n) is 8.77. The lowest BCUT2D eigenvalue weighted by molar-refractivity contribution is -0.118. The van der Waals surface area contributed by atoms with Gasteiger partial charge in [-0.2, -0.15) is 4.98 Å². The quantitative estimate of drug-likeness (QED) is 0.745. The molecule has 1 amide bonds. The topological polar surface area (TPSA) is 100 Å². The molecule has 0 unspecified atom stereocenters. The lowest BCUT2D eigenvalue weighted by Crippen LogP contribution is -2.25. The van der Waals surface area contributed by atoms with Crippen molar-refractivity contribution in [2.24, 2.45) is 0 Å². The summed E-state index contributed by atoms with van der Waals surface area (Å²) >= 11 is 0. The maximum Gasteiger partial charge on any atom is 0.250 e. The summed E-state index contributed by atoms with van der Waals surface area (Å²) in [6.07, 6.45) is 4.89. The Hall–Kier alpha value is -2.41. The molecule has 0 spiro atoms. The lowest BCUT2D eigenvalue weighted by Gasteiger charge is -2.28. The Kier molecular flexibility index (Phi) is 5.65. The van der Waals surface area contributed by atoms with Crippen molar-refractivity contribution in [2.45, 2.75) is 51.0 Å². The summed E-state index contributed by atoms with van der Waals surface area (Å²) in [5.74, 6) is 1.48. The Bertz CT molecular complexity index is 708. The fourth-order valence-electron chi connectivity index (χ4n) is 3.18. The third kappa shape index (κ3) is 4.57. The van der Waals surface area contributed by atoms with Crippen molar-refractivity contribution in [1.29, 1.82) is 0 Å². The Morgan fingerprint density at radius 1 is 1.28 bits per heavy atom. The Balaban J connectivity index is 1.53. The normalized spacial score (nSPS) is 20.2. The molecule has 0 saturated heterocycles. The number of aromatic nitrogens is 2. The molecule has 0 radical (unpaired) electrons. The second-order valence-corrected chi connectivity index (χ2v) is 6.38. The van der Waals surface area contributed by atoms with Crippen molar-refractivity contribution in [3.05, 3.63) is 36.0 Å². The summed E-state index contributed by atoms with van der Waals surface area (Å²) in [5.41, 5.74) is 1.64. The zero-order chi connectivity index (χ0) is 17.6. The number of hydrogen-bond acceptors (Lipinski definition) is 6. The van der Waals surface area contributed by atoms with Crippen LogP contribution in [0.2, 0.25) is 0 Å². The fourth-order valence-corrected chi connectivity index (χ4v) is 3.18. The minimum Gasteiger partial charge on any atom is -0.387 e. The van der Waals surface area contributed by atoms with Gasteiger partial charge < -0.3 is 20.3 Å². The number of carbonyl (C=O) groups excluding carboxylic acids is 1. The Morgan fingerprint density at radius 3 is 2.72 bits per heavy atom. The van der Waals surface area contributed by atoms with Gasteiger partial charge in [-0.1, -0.05) is 18.1 Å². The van der Waals surface area contributed by atoms with Crippen LogP contribution in [0.3, 0.4) is 0 Å². The summed E-state index contributed by atoms with van der Waals surface area (Å²) in [4.78, 5) is 15.7. The summed E-state index contributed by atoms with van der Waals surface area (Å²) < 4.78 is 5.37. The highest BCUT2D eigenvalue weighted by Gasteiger charge is 2.26. The van der Waals surface area contributed by atoms with Crippen LogP contribution < -0.4 is 10.6 Å². The Morgan fingerprint density at radius 2 is 2.04 bits per heavy atom.